The second-order valence-corrected chi connectivity index (χ2v) is 5.92. The summed E-state index contributed by atoms with van der Waals surface area (Å²) < 4.78 is 7.72. The van der Waals surface area contributed by atoms with E-state index in [1.807, 2.05) is 68.0 Å². The molecule has 118 valence electrons. The predicted molar refractivity (Wildman–Crippen MR) is 95.5 cm³/mol. The molecule has 24 heavy (non-hydrogen) atoms. The van der Waals surface area contributed by atoms with Crippen LogP contribution in [0.15, 0.2) is 67.1 Å². The number of aromatic nitrogens is 3. The minimum Gasteiger partial charge on any atom is -0.438 e. The third-order valence-corrected chi connectivity index (χ3v) is 4.02. The van der Waals surface area contributed by atoms with Gasteiger partial charge in [0.05, 0.1) is 6.20 Å². The molecule has 0 aliphatic rings. The van der Waals surface area contributed by atoms with Crippen LogP contribution in [0.5, 0.6) is 11.6 Å². The number of hydrogen-bond donors (Lipinski definition) is 0. The first-order valence-corrected chi connectivity index (χ1v) is 7.89. The lowest BCUT2D eigenvalue weighted by molar-refractivity contribution is 0.469. The number of para-hydroxylation sites is 1. The van der Waals surface area contributed by atoms with E-state index in [1.165, 1.54) is 0 Å². The van der Waals surface area contributed by atoms with Gasteiger partial charge in [-0.1, -0.05) is 29.8 Å². The number of ether oxygens (including phenoxy) is 1. The quantitative estimate of drug-likeness (QED) is 0.524. The molecule has 0 N–H and O–H groups in total. The van der Waals surface area contributed by atoms with E-state index in [-0.39, 0.29) is 0 Å². The molecule has 0 bridgehead atoms. The molecule has 2 aromatic heterocycles. The first kappa shape index (κ1) is 14.7. The van der Waals surface area contributed by atoms with Crippen molar-refractivity contribution in [2.75, 3.05) is 0 Å². The van der Waals surface area contributed by atoms with Gasteiger partial charge in [-0.2, -0.15) is 5.10 Å². The van der Waals surface area contributed by atoms with Crippen LogP contribution in [-0.2, 0) is 7.05 Å². The molecule has 0 aliphatic heterocycles. The molecule has 4 aromatic rings. The van der Waals surface area contributed by atoms with Crippen LogP contribution in [0, 0.1) is 0 Å². The largest absolute Gasteiger partial charge is 0.438 e. The van der Waals surface area contributed by atoms with Gasteiger partial charge >= 0.3 is 0 Å². The zero-order valence-corrected chi connectivity index (χ0v) is 13.7. The fourth-order valence-electron chi connectivity index (χ4n) is 2.66. The van der Waals surface area contributed by atoms with E-state index < -0.39 is 0 Å². The number of rotatable bonds is 3. The summed E-state index contributed by atoms with van der Waals surface area (Å²) in [7, 11) is 1.89. The van der Waals surface area contributed by atoms with E-state index in [4.69, 9.17) is 16.3 Å². The van der Waals surface area contributed by atoms with Crippen molar-refractivity contribution < 1.29 is 4.74 Å². The van der Waals surface area contributed by atoms with Gasteiger partial charge in [-0.05, 0) is 35.7 Å². The Hall–Kier alpha value is -2.85. The number of nitrogens with zero attached hydrogens (tertiary/aromatic N) is 3. The second-order valence-electron chi connectivity index (χ2n) is 5.48. The van der Waals surface area contributed by atoms with E-state index in [9.17, 15) is 0 Å². The van der Waals surface area contributed by atoms with Gasteiger partial charge in [0.15, 0.2) is 0 Å². The smallest absolute Gasteiger partial charge is 0.227 e. The molecule has 0 aliphatic carbocycles. The number of aryl methyl sites for hydroxylation is 1. The van der Waals surface area contributed by atoms with E-state index >= 15 is 0 Å². The molecule has 0 saturated heterocycles. The molecule has 0 saturated carbocycles. The molecule has 5 heteroatoms. The molecule has 0 amide bonds. The number of fused-ring (bicyclic) bond motifs is 1. The van der Waals surface area contributed by atoms with Crippen LogP contribution in [0.3, 0.4) is 0 Å². The van der Waals surface area contributed by atoms with Crippen molar-refractivity contribution in [3.63, 3.8) is 0 Å². The van der Waals surface area contributed by atoms with Gasteiger partial charge in [0.25, 0.3) is 0 Å². The molecular formula is C19H14ClN3O. The highest BCUT2D eigenvalue weighted by Crippen LogP contribution is 2.35. The topological polar surface area (TPSA) is 39.9 Å². The third kappa shape index (κ3) is 2.72. The Morgan fingerprint density at radius 3 is 2.58 bits per heavy atom. The number of halogens is 1. The van der Waals surface area contributed by atoms with E-state index in [2.05, 4.69) is 10.1 Å². The molecule has 0 spiro atoms. The summed E-state index contributed by atoms with van der Waals surface area (Å²) in [6.45, 7) is 0. The van der Waals surface area contributed by atoms with E-state index in [0.29, 0.717) is 10.9 Å². The molecule has 2 aromatic carbocycles. The van der Waals surface area contributed by atoms with E-state index in [0.717, 1.165) is 27.6 Å². The Bertz CT molecular complexity index is 1010. The van der Waals surface area contributed by atoms with Gasteiger partial charge in [0, 0.05) is 41.0 Å². The minimum atomic E-state index is 0.556. The molecule has 4 rings (SSSR count). The Balaban J connectivity index is 1.89. The van der Waals surface area contributed by atoms with Crippen LogP contribution in [0.4, 0.5) is 0 Å². The first-order chi connectivity index (χ1) is 11.7. The van der Waals surface area contributed by atoms with Crippen LogP contribution in [0.2, 0.25) is 5.02 Å². The summed E-state index contributed by atoms with van der Waals surface area (Å²) in [5.74, 6) is 1.30. The summed E-state index contributed by atoms with van der Waals surface area (Å²) in [5.41, 5.74) is 1.96. The molecule has 0 fully saturated rings. The van der Waals surface area contributed by atoms with Crippen LogP contribution in [-0.4, -0.2) is 14.8 Å². The van der Waals surface area contributed by atoms with Gasteiger partial charge in [0.1, 0.15) is 5.75 Å². The van der Waals surface area contributed by atoms with Crippen molar-refractivity contribution >= 4 is 22.4 Å². The Morgan fingerprint density at radius 1 is 1.00 bits per heavy atom. The highest BCUT2D eigenvalue weighted by atomic mass is 35.5. The predicted octanol–water partition coefficient (Wildman–Crippen LogP) is 5.08. The maximum atomic E-state index is 6.21. The minimum absolute atomic E-state index is 0.556. The Kier molecular flexibility index (Phi) is 3.67. The number of hydrogen-bond acceptors (Lipinski definition) is 3. The van der Waals surface area contributed by atoms with Crippen molar-refractivity contribution in [3.8, 4) is 22.8 Å². The van der Waals surface area contributed by atoms with Crippen LogP contribution in [0.25, 0.3) is 21.9 Å². The van der Waals surface area contributed by atoms with Crippen molar-refractivity contribution in [3.05, 3.63) is 72.1 Å². The Morgan fingerprint density at radius 2 is 1.83 bits per heavy atom. The van der Waals surface area contributed by atoms with Crippen molar-refractivity contribution in [2.24, 2.45) is 7.05 Å². The van der Waals surface area contributed by atoms with Crippen LogP contribution < -0.4 is 4.74 Å². The van der Waals surface area contributed by atoms with Crippen LogP contribution in [0.1, 0.15) is 0 Å². The normalized spacial score (nSPS) is 10.9. The third-order valence-electron chi connectivity index (χ3n) is 3.79. The monoisotopic (exact) mass is 335 g/mol. The summed E-state index contributed by atoms with van der Waals surface area (Å²) in [6.07, 6.45) is 5.57. The standard InChI is InChI=1S/C19H14ClN3O/c1-23-12-13(10-22-23)18-11-21-19(24-15-5-3-2-4-6-15)16-8-7-14(20)9-17(16)18/h2-12H,1H3. The SMILES string of the molecule is Cn1cc(-c2cnc(Oc3ccccc3)c3ccc(Cl)cc23)cn1. The average molecular weight is 336 g/mol. The molecule has 0 radical (unpaired) electrons. The second kappa shape index (κ2) is 5.98. The lowest BCUT2D eigenvalue weighted by Crippen LogP contribution is -1.91. The zero-order chi connectivity index (χ0) is 16.5. The average Bonchev–Trinajstić information content (AvgIpc) is 3.02. The number of pyridine rings is 1. The van der Waals surface area contributed by atoms with Gasteiger partial charge in [-0.25, -0.2) is 4.98 Å². The highest BCUT2D eigenvalue weighted by Gasteiger charge is 2.12. The van der Waals surface area contributed by atoms with Gasteiger partial charge in [-0.15, -0.1) is 0 Å². The van der Waals surface area contributed by atoms with Crippen molar-refractivity contribution in [1.29, 1.82) is 0 Å². The lowest BCUT2D eigenvalue weighted by Gasteiger charge is -2.11. The van der Waals surface area contributed by atoms with Gasteiger partial charge in [-0.3, -0.25) is 4.68 Å². The zero-order valence-electron chi connectivity index (χ0n) is 13.0. The molecule has 2 heterocycles. The van der Waals surface area contributed by atoms with Crippen molar-refractivity contribution in [1.82, 2.24) is 14.8 Å². The maximum absolute atomic E-state index is 6.21. The van der Waals surface area contributed by atoms with E-state index in [1.54, 1.807) is 10.9 Å². The lowest BCUT2D eigenvalue weighted by atomic mass is 10.0. The maximum Gasteiger partial charge on any atom is 0.227 e. The molecule has 0 unspecified atom stereocenters. The van der Waals surface area contributed by atoms with Crippen LogP contribution >= 0.6 is 11.6 Å². The molecular weight excluding hydrogens is 322 g/mol. The first-order valence-electron chi connectivity index (χ1n) is 7.51. The number of benzene rings is 2. The highest BCUT2D eigenvalue weighted by molar-refractivity contribution is 6.31. The van der Waals surface area contributed by atoms with Gasteiger partial charge < -0.3 is 4.74 Å². The van der Waals surface area contributed by atoms with Crippen molar-refractivity contribution in [2.45, 2.75) is 0 Å². The van der Waals surface area contributed by atoms with Gasteiger partial charge in [0.2, 0.25) is 5.88 Å². The molecule has 4 nitrogen and oxygen atoms in total. The Labute approximate surface area is 144 Å². The summed E-state index contributed by atoms with van der Waals surface area (Å²) in [5, 5.41) is 6.80. The summed E-state index contributed by atoms with van der Waals surface area (Å²) in [4.78, 5) is 4.52. The fraction of sp³-hybridized carbons (Fsp3) is 0.0526. The fourth-order valence-corrected chi connectivity index (χ4v) is 2.83. The molecule has 0 atom stereocenters. The summed E-state index contributed by atoms with van der Waals surface area (Å²) >= 11 is 6.21. The summed E-state index contributed by atoms with van der Waals surface area (Å²) in [6, 6.07) is 15.3.